The average Bonchev–Trinajstić information content (AvgIpc) is 2.83. The fourth-order valence-electron chi connectivity index (χ4n) is 2.31. The zero-order valence-electron chi connectivity index (χ0n) is 11.7. The maximum Gasteiger partial charge on any atom is 0.0521 e. The second kappa shape index (κ2) is 7.56. The molecule has 1 atom stereocenters. The van der Waals surface area contributed by atoms with Crippen LogP contribution >= 0.6 is 38.5 Å². The molecule has 2 aromatic rings. The Morgan fingerprint density at radius 1 is 1.45 bits per heavy atom. The van der Waals surface area contributed by atoms with Gasteiger partial charge in [-0.1, -0.05) is 22.9 Å². The molecule has 1 heterocycles. The standard InChI is InChI=1S/C15H19BrIN3/c1-3-18-15(7-4-11-9-19-20(2)10-11)13-8-12(17)5-6-14(13)16/h5-6,8-10,15,18H,3-4,7H2,1-2H3. The van der Waals surface area contributed by atoms with Gasteiger partial charge in [-0.15, -0.1) is 0 Å². The van der Waals surface area contributed by atoms with E-state index in [1.165, 1.54) is 19.2 Å². The smallest absolute Gasteiger partial charge is 0.0521 e. The largest absolute Gasteiger partial charge is 0.310 e. The summed E-state index contributed by atoms with van der Waals surface area (Å²) < 4.78 is 4.30. The van der Waals surface area contributed by atoms with Gasteiger partial charge in [-0.05, 0) is 71.3 Å². The number of hydrogen-bond acceptors (Lipinski definition) is 2. The van der Waals surface area contributed by atoms with Crippen LogP contribution in [0.5, 0.6) is 0 Å². The van der Waals surface area contributed by atoms with Gasteiger partial charge in [0.2, 0.25) is 0 Å². The summed E-state index contributed by atoms with van der Waals surface area (Å²) in [6, 6.07) is 6.87. The zero-order chi connectivity index (χ0) is 14.5. The maximum absolute atomic E-state index is 4.23. The molecule has 0 radical (unpaired) electrons. The number of nitrogens with one attached hydrogen (secondary N) is 1. The number of hydrogen-bond donors (Lipinski definition) is 1. The minimum Gasteiger partial charge on any atom is -0.310 e. The van der Waals surface area contributed by atoms with Crippen molar-refractivity contribution in [3.05, 3.63) is 49.8 Å². The van der Waals surface area contributed by atoms with Crippen LogP contribution in [0.3, 0.4) is 0 Å². The number of halogens is 2. The lowest BCUT2D eigenvalue weighted by atomic mass is 10.00. The van der Waals surface area contributed by atoms with Crippen molar-refractivity contribution in [2.24, 2.45) is 7.05 Å². The first-order valence-electron chi connectivity index (χ1n) is 6.76. The van der Waals surface area contributed by atoms with Crippen LogP contribution in [0, 0.1) is 3.57 Å². The summed E-state index contributed by atoms with van der Waals surface area (Å²) in [5.74, 6) is 0. The highest BCUT2D eigenvalue weighted by atomic mass is 127. The molecule has 1 unspecified atom stereocenters. The van der Waals surface area contributed by atoms with Gasteiger partial charge in [-0.25, -0.2) is 0 Å². The van der Waals surface area contributed by atoms with Crippen LogP contribution in [0.1, 0.15) is 30.5 Å². The Balaban J connectivity index is 2.11. The van der Waals surface area contributed by atoms with Gasteiger partial charge in [-0.3, -0.25) is 4.68 Å². The lowest BCUT2D eigenvalue weighted by molar-refractivity contribution is 0.513. The quantitative estimate of drug-likeness (QED) is 0.676. The van der Waals surface area contributed by atoms with E-state index in [0.717, 1.165) is 19.4 Å². The molecular weight excluding hydrogens is 429 g/mol. The van der Waals surface area contributed by atoms with Gasteiger partial charge in [0.25, 0.3) is 0 Å². The summed E-state index contributed by atoms with van der Waals surface area (Å²) in [7, 11) is 1.96. The molecule has 2 rings (SSSR count). The van der Waals surface area contributed by atoms with E-state index in [2.05, 4.69) is 80.3 Å². The Morgan fingerprint density at radius 2 is 2.25 bits per heavy atom. The minimum absolute atomic E-state index is 0.365. The molecule has 108 valence electrons. The molecule has 0 aliphatic carbocycles. The molecule has 0 aliphatic heterocycles. The molecule has 1 aromatic carbocycles. The molecule has 0 saturated heterocycles. The summed E-state index contributed by atoms with van der Waals surface area (Å²) in [5, 5.41) is 7.81. The van der Waals surface area contributed by atoms with Gasteiger partial charge in [-0.2, -0.15) is 5.10 Å². The Morgan fingerprint density at radius 3 is 2.90 bits per heavy atom. The van der Waals surface area contributed by atoms with E-state index >= 15 is 0 Å². The summed E-state index contributed by atoms with van der Waals surface area (Å²) >= 11 is 6.04. The van der Waals surface area contributed by atoms with Gasteiger partial charge < -0.3 is 5.32 Å². The summed E-state index contributed by atoms with van der Waals surface area (Å²) in [6.07, 6.45) is 6.14. The summed E-state index contributed by atoms with van der Waals surface area (Å²) in [4.78, 5) is 0. The second-order valence-corrected chi connectivity index (χ2v) is 6.94. The molecule has 0 saturated carbocycles. The van der Waals surface area contributed by atoms with Gasteiger partial charge in [0.05, 0.1) is 6.20 Å². The Labute approximate surface area is 142 Å². The van der Waals surface area contributed by atoms with Crippen molar-refractivity contribution in [3.8, 4) is 0 Å². The van der Waals surface area contributed by atoms with E-state index in [1.807, 2.05) is 17.9 Å². The monoisotopic (exact) mass is 447 g/mol. The molecule has 3 nitrogen and oxygen atoms in total. The normalized spacial score (nSPS) is 12.6. The number of aromatic nitrogens is 2. The number of nitrogens with zero attached hydrogens (tertiary/aromatic N) is 2. The Hall–Kier alpha value is -0.400. The number of aryl methyl sites for hydroxylation is 2. The van der Waals surface area contributed by atoms with Gasteiger partial charge in [0, 0.05) is 27.3 Å². The fraction of sp³-hybridized carbons (Fsp3) is 0.400. The molecule has 0 spiro atoms. The number of rotatable bonds is 6. The minimum atomic E-state index is 0.365. The third-order valence-electron chi connectivity index (χ3n) is 3.26. The van der Waals surface area contributed by atoms with Gasteiger partial charge in [0.1, 0.15) is 0 Å². The van der Waals surface area contributed by atoms with Crippen LogP contribution in [-0.2, 0) is 13.5 Å². The van der Waals surface area contributed by atoms with Crippen LogP contribution in [0.2, 0.25) is 0 Å². The predicted octanol–water partition coefficient (Wildman–Crippen LogP) is 4.07. The lowest BCUT2D eigenvalue weighted by Crippen LogP contribution is -2.22. The molecule has 1 N–H and O–H groups in total. The van der Waals surface area contributed by atoms with Crippen LogP contribution in [0.25, 0.3) is 0 Å². The third-order valence-corrected chi connectivity index (χ3v) is 4.66. The van der Waals surface area contributed by atoms with Crippen molar-refractivity contribution in [2.45, 2.75) is 25.8 Å². The predicted molar refractivity (Wildman–Crippen MR) is 94.8 cm³/mol. The van der Waals surface area contributed by atoms with Crippen molar-refractivity contribution >= 4 is 38.5 Å². The van der Waals surface area contributed by atoms with E-state index in [9.17, 15) is 0 Å². The highest BCUT2D eigenvalue weighted by molar-refractivity contribution is 14.1. The van der Waals surface area contributed by atoms with E-state index in [0.29, 0.717) is 6.04 Å². The third kappa shape index (κ3) is 4.30. The fourth-order valence-corrected chi connectivity index (χ4v) is 3.35. The van der Waals surface area contributed by atoms with Gasteiger partial charge in [0.15, 0.2) is 0 Å². The molecule has 0 amide bonds. The van der Waals surface area contributed by atoms with Crippen molar-refractivity contribution in [1.82, 2.24) is 15.1 Å². The first-order valence-corrected chi connectivity index (χ1v) is 8.63. The van der Waals surface area contributed by atoms with Crippen LogP contribution < -0.4 is 5.32 Å². The van der Waals surface area contributed by atoms with E-state index in [-0.39, 0.29) is 0 Å². The van der Waals surface area contributed by atoms with Crippen LogP contribution in [-0.4, -0.2) is 16.3 Å². The molecular formula is C15H19BrIN3. The second-order valence-electron chi connectivity index (χ2n) is 4.84. The molecule has 20 heavy (non-hydrogen) atoms. The topological polar surface area (TPSA) is 29.9 Å². The van der Waals surface area contributed by atoms with E-state index in [4.69, 9.17) is 0 Å². The zero-order valence-corrected chi connectivity index (χ0v) is 15.5. The highest BCUT2D eigenvalue weighted by Crippen LogP contribution is 2.28. The van der Waals surface area contributed by atoms with Crippen molar-refractivity contribution in [1.29, 1.82) is 0 Å². The van der Waals surface area contributed by atoms with Crippen LogP contribution in [0.15, 0.2) is 35.1 Å². The van der Waals surface area contributed by atoms with Crippen LogP contribution in [0.4, 0.5) is 0 Å². The maximum atomic E-state index is 4.23. The average molecular weight is 448 g/mol. The lowest BCUT2D eigenvalue weighted by Gasteiger charge is -2.20. The van der Waals surface area contributed by atoms with Crippen molar-refractivity contribution < 1.29 is 0 Å². The molecule has 0 aliphatic rings. The van der Waals surface area contributed by atoms with Crippen molar-refractivity contribution in [2.75, 3.05) is 6.54 Å². The Kier molecular flexibility index (Phi) is 6.04. The summed E-state index contributed by atoms with van der Waals surface area (Å²) in [6.45, 7) is 3.12. The SMILES string of the molecule is CCNC(CCc1cnn(C)c1)c1cc(I)ccc1Br. The molecule has 0 fully saturated rings. The summed E-state index contributed by atoms with van der Waals surface area (Å²) in [5.41, 5.74) is 2.62. The Bertz CT molecular complexity index is 568. The molecule has 0 bridgehead atoms. The first-order chi connectivity index (χ1) is 9.60. The number of benzene rings is 1. The highest BCUT2D eigenvalue weighted by Gasteiger charge is 2.14. The van der Waals surface area contributed by atoms with Crippen molar-refractivity contribution in [3.63, 3.8) is 0 Å². The van der Waals surface area contributed by atoms with E-state index in [1.54, 1.807) is 0 Å². The first kappa shape index (κ1) is 16.0. The molecule has 5 heteroatoms. The molecule has 1 aromatic heterocycles. The van der Waals surface area contributed by atoms with E-state index < -0.39 is 0 Å². The van der Waals surface area contributed by atoms with Gasteiger partial charge >= 0.3 is 0 Å².